The lowest BCUT2D eigenvalue weighted by Crippen LogP contribution is -2.48. The third-order valence-corrected chi connectivity index (χ3v) is 6.80. The second-order valence-corrected chi connectivity index (χ2v) is 10.2. The molecule has 0 saturated heterocycles. The number of carbonyl (C=O) groups is 1. The SMILES string of the molecule is Cc1ccc(-c2cc(C(F)(F)F)nn2-c2ccc(S(=O)(=O)N(C(=O)O)C(C)(C)C)cc2)cc1. The first-order chi connectivity index (χ1) is 15.1. The fourth-order valence-electron chi connectivity index (χ4n) is 3.26. The van der Waals surface area contributed by atoms with Gasteiger partial charge in [0.05, 0.1) is 21.8 Å². The van der Waals surface area contributed by atoms with Crippen molar-refractivity contribution < 1.29 is 31.5 Å². The Hall–Kier alpha value is -3.34. The molecule has 176 valence electrons. The molecule has 0 unspecified atom stereocenters. The minimum atomic E-state index is -4.68. The maximum atomic E-state index is 13.4. The summed E-state index contributed by atoms with van der Waals surface area (Å²) in [4.78, 5) is 11.3. The number of aryl methyl sites for hydroxylation is 1. The summed E-state index contributed by atoms with van der Waals surface area (Å²) in [5, 5.41) is 13.1. The molecule has 0 spiro atoms. The molecule has 3 aromatic rings. The van der Waals surface area contributed by atoms with Crippen LogP contribution in [0.4, 0.5) is 18.0 Å². The summed E-state index contributed by atoms with van der Waals surface area (Å²) in [6, 6.07) is 12.6. The highest BCUT2D eigenvalue weighted by atomic mass is 32.2. The van der Waals surface area contributed by atoms with E-state index in [4.69, 9.17) is 0 Å². The molecule has 33 heavy (non-hydrogen) atoms. The van der Waals surface area contributed by atoms with Gasteiger partial charge in [0.25, 0.3) is 10.0 Å². The highest BCUT2D eigenvalue weighted by molar-refractivity contribution is 7.89. The number of hydrogen-bond acceptors (Lipinski definition) is 4. The van der Waals surface area contributed by atoms with Crippen LogP contribution in [0.25, 0.3) is 16.9 Å². The molecule has 0 bridgehead atoms. The van der Waals surface area contributed by atoms with Crippen LogP contribution in [0.2, 0.25) is 0 Å². The Morgan fingerprint density at radius 3 is 2.00 bits per heavy atom. The lowest BCUT2D eigenvalue weighted by atomic mass is 10.1. The predicted molar refractivity (Wildman–Crippen MR) is 116 cm³/mol. The molecule has 0 radical (unpaired) electrons. The van der Waals surface area contributed by atoms with Crippen LogP contribution in [0.5, 0.6) is 0 Å². The van der Waals surface area contributed by atoms with E-state index >= 15 is 0 Å². The Kier molecular flexibility index (Phi) is 6.05. The molecule has 0 atom stereocenters. The highest BCUT2D eigenvalue weighted by Gasteiger charge is 2.38. The number of hydrogen-bond donors (Lipinski definition) is 1. The van der Waals surface area contributed by atoms with E-state index < -0.39 is 33.5 Å². The van der Waals surface area contributed by atoms with Crippen LogP contribution in [-0.2, 0) is 16.2 Å². The molecule has 1 heterocycles. The fraction of sp³-hybridized carbons (Fsp3) is 0.273. The summed E-state index contributed by atoms with van der Waals surface area (Å²) >= 11 is 0. The Labute approximate surface area is 189 Å². The van der Waals surface area contributed by atoms with Gasteiger partial charge in [-0.25, -0.2) is 17.9 Å². The number of nitrogens with zero attached hydrogens (tertiary/aromatic N) is 3. The molecule has 3 rings (SSSR count). The van der Waals surface area contributed by atoms with Gasteiger partial charge in [-0.05, 0) is 58.0 Å². The van der Waals surface area contributed by atoms with E-state index in [-0.39, 0.29) is 16.3 Å². The zero-order valence-electron chi connectivity index (χ0n) is 18.3. The van der Waals surface area contributed by atoms with Gasteiger partial charge in [-0.3, -0.25) is 0 Å². The minimum Gasteiger partial charge on any atom is -0.464 e. The highest BCUT2D eigenvalue weighted by Crippen LogP contribution is 2.34. The molecule has 0 saturated carbocycles. The standard InChI is InChI=1S/C22H22F3N3O4S/c1-14-5-7-15(8-6-14)18-13-19(22(23,24)25)26-27(18)16-9-11-17(12-10-16)33(31,32)28(20(29)30)21(2,3)4/h5-13H,1-4H3,(H,29,30). The second kappa shape index (κ2) is 8.22. The van der Waals surface area contributed by atoms with Gasteiger partial charge in [-0.1, -0.05) is 29.8 Å². The number of halogens is 3. The van der Waals surface area contributed by atoms with Crippen molar-refractivity contribution in [2.24, 2.45) is 0 Å². The monoisotopic (exact) mass is 481 g/mol. The number of aromatic nitrogens is 2. The van der Waals surface area contributed by atoms with Gasteiger partial charge < -0.3 is 5.11 Å². The van der Waals surface area contributed by atoms with Crippen molar-refractivity contribution in [1.29, 1.82) is 0 Å². The number of carboxylic acid groups (broad SMARTS) is 1. The predicted octanol–water partition coefficient (Wildman–Crippen LogP) is 5.33. The molecule has 0 fully saturated rings. The molecule has 1 N–H and O–H groups in total. The first-order valence-electron chi connectivity index (χ1n) is 9.75. The quantitative estimate of drug-likeness (QED) is 0.544. The summed E-state index contributed by atoms with van der Waals surface area (Å²) in [6.45, 7) is 6.15. The van der Waals surface area contributed by atoms with Gasteiger partial charge in [-0.2, -0.15) is 22.6 Å². The largest absolute Gasteiger partial charge is 0.464 e. The van der Waals surface area contributed by atoms with E-state index in [1.807, 2.05) is 6.92 Å². The number of alkyl halides is 3. The van der Waals surface area contributed by atoms with E-state index in [1.54, 1.807) is 24.3 Å². The molecule has 2 aromatic carbocycles. The summed E-state index contributed by atoms with van der Waals surface area (Å²) in [5.41, 5.74) is -0.578. The van der Waals surface area contributed by atoms with Crippen molar-refractivity contribution in [3.05, 3.63) is 65.9 Å². The molecule has 0 aliphatic heterocycles. The molecular weight excluding hydrogens is 459 g/mol. The van der Waals surface area contributed by atoms with Crippen molar-refractivity contribution >= 4 is 16.1 Å². The average Bonchev–Trinajstić information content (AvgIpc) is 3.13. The Bertz CT molecular complexity index is 1270. The molecule has 1 aromatic heterocycles. The third kappa shape index (κ3) is 4.87. The maximum Gasteiger partial charge on any atom is 0.435 e. The number of amides is 1. The van der Waals surface area contributed by atoms with Crippen LogP contribution < -0.4 is 0 Å². The summed E-state index contributed by atoms with van der Waals surface area (Å²) in [5.74, 6) is 0. The summed E-state index contributed by atoms with van der Waals surface area (Å²) < 4.78 is 67.3. The van der Waals surface area contributed by atoms with Gasteiger partial charge in [-0.15, -0.1) is 0 Å². The van der Waals surface area contributed by atoms with Crippen LogP contribution in [0.15, 0.2) is 59.5 Å². The average molecular weight is 481 g/mol. The Morgan fingerprint density at radius 1 is 1.00 bits per heavy atom. The van der Waals surface area contributed by atoms with Crippen molar-refractivity contribution in [3.63, 3.8) is 0 Å². The Morgan fingerprint density at radius 2 is 1.55 bits per heavy atom. The van der Waals surface area contributed by atoms with Crippen molar-refractivity contribution in [1.82, 2.24) is 14.1 Å². The van der Waals surface area contributed by atoms with Gasteiger partial charge >= 0.3 is 12.3 Å². The number of benzene rings is 2. The maximum absolute atomic E-state index is 13.4. The zero-order chi connectivity index (χ0) is 24.8. The van der Waals surface area contributed by atoms with Crippen molar-refractivity contribution in [3.8, 4) is 16.9 Å². The normalized spacial score (nSPS) is 12.6. The lowest BCUT2D eigenvalue weighted by Gasteiger charge is -2.31. The van der Waals surface area contributed by atoms with E-state index in [0.29, 0.717) is 9.87 Å². The van der Waals surface area contributed by atoms with Crippen LogP contribution in [0.1, 0.15) is 32.0 Å². The number of sulfonamides is 1. The molecule has 1 amide bonds. The van der Waals surface area contributed by atoms with E-state index in [1.165, 1.54) is 32.9 Å². The molecular formula is C22H22F3N3O4S. The van der Waals surface area contributed by atoms with Crippen LogP contribution >= 0.6 is 0 Å². The molecule has 7 nitrogen and oxygen atoms in total. The smallest absolute Gasteiger partial charge is 0.435 e. The molecule has 11 heteroatoms. The molecule has 0 aliphatic rings. The first-order valence-corrected chi connectivity index (χ1v) is 11.2. The van der Waals surface area contributed by atoms with Gasteiger partial charge in [0.15, 0.2) is 5.69 Å². The Balaban J connectivity index is 2.11. The first kappa shape index (κ1) is 24.3. The topological polar surface area (TPSA) is 92.5 Å². The van der Waals surface area contributed by atoms with E-state index in [2.05, 4.69) is 5.10 Å². The zero-order valence-corrected chi connectivity index (χ0v) is 19.1. The van der Waals surface area contributed by atoms with Crippen LogP contribution in [0, 0.1) is 6.92 Å². The lowest BCUT2D eigenvalue weighted by molar-refractivity contribution is -0.141. The van der Waals surface area contributed by atoms with Crippen molar-refractivity contribution in [2.45, 2.75) is 44.3 Å². The number of rotatable bonds is 4. The summed E-state index contributed by atoms with van der Waals surface area (Å²) in [6.07, 6.45) is -6.32. The third-order valence-electron chi connectivity index (χ3n) is 4.75. The van der Waals surface area contributed by atoms with Gasteiger partial charge in [0.1, 0.15) is 0 Å². The fourth-order valence-corrected chi connectivity index (χ4v) is 4.88. The summed E-state index contributed by atoms with van der Waals surface area (Å²) in [7, 11) is -4.42. The van der Waals surface area contributed by atoms with Crippen LogP contribution in [-0.4, -0.2) is 39.2 Å². The second-order valence-electron chi connectivity index (χ2n) is 8.41. The van der Waals surface area contributed by atoms with Gasteiger partial charge in [0.2, 0.25) is 0 Å². The van der Waals surface area contributed by atoms with E-state index in [0.717, 1.165) is 28.4 Å². The van der Waals surface area contributed by atoms with E-state index in [9.17, 15) is 31.5 Å². The van der Waals surface area contributed by atoms with Crippen LogP contribution in [0.3, 0.4) is 0 Å². The van der Waals surface area contributed by atoms with Crippen molar-refractivity contribution in [2.75, 3.05) is 0 Å². The minimum absolute atomic E-state index is 0.166. The molecule has 0 aliphatic carbocycles. The van der Waals surface area contributed by atoms with Gasteiger partial charge in [0, 0.05) is 5.56 Å².